The summed E-state index contributed by atoms with van der Waals surface area (Å²) in [5.74, 6) is 0.935. The van der Waals surface area contributed by atoms with E-state index in [-0.39, 0.29) is 12.5 Å². The van der Waals surface area contributed by atoms with Gasteiger partial charge in [-0.3, -0.25) is 4.79 Å². The molecule has 112 valence electrons. The summed E-state index contributed by atoms with van der Waals surface area (Å²) in [6.45, 7) is 0.315. The predicted molar refractivity (Wildman–Crippen MR) is 82.0 cm³/mol. The third-order valence-corrected chi connectivity index (χ3v) is 3.57. The number of ether oxygens (including phenoxy) is 2. The van der Waals surface area contributed by atoms with Gasteiger partial charge in [0.1, 0.15) is 0 Å². The Morgan fingerprint density at radius 3 is 2.76 bits per heavy atom. The Labute approximate surface area is 127 Å². The number of nitrogens with zero attached hydrogens (tertiary/aromatic N) is 1. The van der Waals surface area contributed by atoms with Crippen molar-refractivity contribution in [3.63, 3.8) is 0 Å². The molecule has 0 aliphatic heterocycles. The first kappa shape index (κ1) is 15.1. The largest absolute Gasteiger partial charge is 0.493 e. The Hall–Kier alpha value is -2.28. The quantitative estimate of drug-likeness (QED) is 0.817. The molecular weight excluding hydrogens is 290 g/mol. The molecule has 6 nitrogen and oxygen atoms in total. The molecule has 1 aromatic carbocycles. The second-order valence-electron chi connectivity index (χ2n) is 4.11. The van der Waals surface area contributed by atoms with Crippen molar-refractivity contribution in [2.45, 2.75) is 6.54 Å². The lowest BCUT2D eigenvalue weighted by molar-refractivity contribution is -0.123. The van der Waals surface area contributed by atoms with Crippen molar-refractivity contribution in [1.82, 2.24) is 10.3 Å². The van der Waals surface area contributed by atoms with Crippen LogP contribution in [0.1, 0.15) is 5.69 Å². The summed E-state index contributed by atoms with van der Waals surface area (Å²) in [5.41, 5.74) is 0.815. The Morgan fingerprint density at radius 2 is 2.10 bits per heavy atom. The molecule has 1 heterocycles. The molecule has 0 spiro atoms. The standard InChI is InChI=1S/C14H17N3O3S/c1-15-14-17-10(9-21-14)7-16-13(18)8-20-12-6-4-3-5-11(12)19-2/h3-6,9H,7-8H2,1-2H3,(H,15,17)(H,16,18). The van der Waals surface area contributed by atoms with Gasteiger partial charge in [0, 0.05) is 12.4 Å². The number of carbonyl (C=O) groups is 1. The molecule has 0 fully saturated rings. The van der Waals surface area contributed by atoms with Crippen molar-refractivity contribution in [1.29, 1.82) is 0 Å². The SMILES string of the molecule is CNc1nc(CNC(=O)COc2ccccc2OC)cs1. The molecule has 1 amide bonds. The van der Waals surface area contributed by atoms with Crippen LogP contribution in [0.3, 0.4) is 0 Å². The molecule has 0 saturated carbocycles. The van der Waals surface area contributed by atoms with Gasteiger partial charge < -0.3 is 20.1 Å². The van der Waals surface area contributed by atoms with Gasteiger partial charge in [-0.15, -0.1) is 11.3 Å². The third kappa shape index (κ3) is 4.35. The average molecular weight is 307 g/mol. The average Bonchev–Trinajstić information content (AvgIpc) is 2.99. The lowest BCUT2D eigenvalue weighted by Crippen LogP contribution is -2.28. The highest BCUT2D eigenvalue weighted by molar-refractivity contribution is 7.13. The van der Waals surface area contributed by atoms with Crippen LogP contribution in [0, 0.1) is 0 Å². The highest BCUT2D eigenvalue weighted by atomic mass is 32.1. The molecule has 0 aliphatic carbocycles. The van der Waals surface area contributed by atoms with Crippen molar-refractivity contribution in [3.8, 4) is 11.5 Å². The lowest BCUT2D eigenvalue weighted by atomic mass is 10.3. The second-order valence-corrected chi connectivity index (χ2v) is 4.97. The maximum atomic E-state index is 11.7. The van der Waals surface area contributed by atoms with Gasteiger partial charge in [0.05, 0.1) is 19.3 Å². The van der Waals surface area contributed by atoms with Gasteiger partial charge in [-0.05, 0) is 12.1 Å². The normalized spacial score (nSPS) is 10.0. The minimum Gasteiger partial charge on any atom is -0.493 e. The molecule has 2 rings (SSSR count). The lowest BCUT2D eigenvalue weighted by Gasteiger charge is -2.10. The van der Waals surface area contributed by atoms with Crippen molar-refractivity contribution in [3.05, 3.63) is 35.3 Å². The smallest absolute Gasteiger partial charge is 0.258 e. The van der Waals surface area contributed by atoms with Crippen molar-refractivity contribution >= 4 is 22.4 Å². The topological polar surface area (TPSA) is 72.5 Å². The molecular formula is C14H17N3O3S. The summed E-state index contributed by atoms with van der Waals surface area (Å²) in [5, 5.41) is 8.43. The van der Waals surface area contributed by atoms with Crippen molar-refractivity contribution in [2.75, 3.05) is 26.1 Å². The first-order chi connectivity index (χ1) is 10.2. The molecule has 1 aromatic heterocycles. The fourth-order valence-electron chi connectivity index (χ4n) is 1.62. The summed E-state index contributed by atoms with van der Waals surface area (Å²) < 4.78 is 10.6. The molecule has 0 bridgehead atoms. The Kier molecular flexibility index (Phi) is 5.39. The van der Waals surface area contributed by atoms with Crippen LogP contribution in [0.25, 0.3) is 0 Å². The van der Waals surface area contributed by atoms with Gasteiger partial charge in [0.15, 0.2) is 23.2 Å². The number of hydrogen-bond donors (Lipinski definition) is 2. The van der Waals surface area contributed by atoms with Gasteiger partial charge in [-0.25, -0.2) is 4.98 Å². The molecule has 7 heteroatoms. The van der Waals surface area contributed by atoms with E-state index in [1.807, 2.05) is 24.6 Å². The number of aromatic nitrogens is 1. The van der Waals surface area contributed by atoms with Crippen LogP contribution in [0.15, 0.2) is 29.6 Å². The zero-order valence-corrected chi connectivity index (χ0v) is 12.7. The van der Waals surface area contributed by atoms with E-state index in [1.54, 1.807) is 19.2 Å². The second kappa shape index (κ2) is 7.49. The maximum Gasteiger partial charge on any atom is 0.258 e. The summed E-state index contributed by atoms with van der Waals surface area (Å²) in [6.07, 6.45) is 0. The molecule has 0 aliphatic rings. The number of methoxy groups -OCH3 is 1. The first-order valence-corrected chi connectivity index (χ1v) is 7.25. The molecule has 0 radical (unpaired) electrons. The Balaban J connectivity index is 1.79. The minimum atomic E-state index is -0.208. The van der Waals surface area contributed by atoms with E-state index in [0.29, 0.717) is 18.0 Å². The summed E-state index contributed by atoms with van der Waals surface area (Å²) in [7, 11) is 3.37. The number of rotatable bonds is 7. The fourth-order valence-corrected chi connectivity index (χ4v) is 2.30. The maximum absolute atomic E-state index is 11.7. The van der Waals surface area contributed by atoms with E-state index in [2.05, 4.69) is 15.6 Å². The van der Waals surface area contributed by atoms with E-state index in [0.717, 1.165) is 10.8 Å². The number of amides is 1. The number of thiazole rings is 1. The van der Waals surface area contributed by atoms with Crippen LogP contribution >= 0.6 is 11.3 Å². The van der Waals surface area contributed by atoms with Crippen LogP contribution in [0.5, 0.6) is 11.5 Å². The Morgan fingerprint density at radius 1 is 1.33 bits per heavy atom. The van der Waals surface area contributed by atoms with E-state index < -0.39 is 0 Å². The molecule has 21 heavy (non-hydrogen) atoms. The van der Waals surface area contributed by atoms with E-state index >= 15 is 0 Å². The van der Waals surface area contributed by atoms with Gasteiger partial charge in [0.2, 0.25) is 0 Å². The van der Waals surface area contributed by atoms with E-state index in [9.17, 15) is 4.79 Å². The van der Waals surface area contributed by atoms with Gasteiger partial charge in [0.25, 0.3) is 5.91 Å². The molecule has 0 atom stereocenters. The number of carbonyl (C=O) groups excluding carboxylic acids is 1. The van der Waals surface area contributed by atoms with E-state index in [4.69, 9.17) is 9.47 Å². The molecule has 2 aromatic rings. The zero-order chi connectivity index (χ0) is 15.1. The van der Waals surface area contributed by atoms with E-state index in [1.165, 1.54) is 11.3 Å². The van der Waals surface area contributed by atoms with Crippen molar-refractivity contribution in [2.24, 2.45) is 0 Å². The highest BCUT2D eigenvalue weighted by Crippen LogP contribution is 2.25. The summed E-state index contributed by atoms with van der Waals surface area (Å²) in [6, 6.07) is 7.20. The molecule has 2 N–H and O–H groups in total. The van der Waals surface area contributed by atoms with Gasteiger partial charge in [-0.1, -0.05) is 12.1 Å². The third-order valence-electron chi connectivity index (χ3n) is 2.66. The number of nitrogens with one attached hydrogen (secondary N) is 2. The monoisotopic (exact) mass is 307 g/mol. The summed E-state index contributed by atoms with van der Waals surface area (Å²) >= 11 is 1.50. The van der Waals surface area contributed by atoms with Crippen LogP contribution in [0.4, 0.5) is 5.13 Å². The number of benzene rings is 1. The van der Waals surface area contributed by atoms with Crippen LogP contribution in [-0.2, 0) is 11.3 Å². The zero-order valence-electron chi connectivity index (χ0n) is 11.9. The van der Waals surface area contributed by atoms with Crippen molar-refractivity contribution < 1.29 is 14.3 Å². The first-order valence-electron chi connectivity index (χ1n) is 6.37. The minimum absolute atomic E-state index is 0.0661. The highest BCUT2D eigenvalue weighted by Gasteiger charge is 2.07. The van der Waals surface area contributed by atoms with Crippen LogP contribution in [-0.4, -0.2) is 31.7 Å². The fraction of sp³-hybridized carbons (Fsp3) is 0.286. The number of para-hydroxylation sites is 2. The Bertz CT molecular complexity index is 601. The molecule has 0 saturated heterocycles. The summed E-state index contributed by atoms with van der Waals surface area (Å²) in [4.78, 5) is 16.0. The van der Waals surface area contributed by atoms with Crippen LogP contribution in [0.2, 0.25) is 0 Å². The predicted octanol–water partition coefficient (Wildman–Crippen LogP) is 1.89. The number of hydrogen-bond acceptors (Lipinski definition) is 6. The van der Waals surface area contributed by atoms with Gasteiger partial charge in [-0.2, -0.15) is 0 Å². The van der Waals surface area contributed by atoms with Gasteiger partial charge >= 0.3 is 0 Å². The number of anilines is 1. The van der Waals surface area contributed by atoms with Crippen LogP contribution < -0.4 is 20.1 Å². The molecule has 0 unspecified atom stereocenters.